The Labute approximate surface area is 98.0 Å². The number of carboxylic acids is 1. The highest BCUT2D eigenvalue weighted by Gasteiger charge is 2.48. The van der Waals surface area contributed by atoms with E-state index in [0.29, 0.717) is 0 Å². The Morgan fingerprint density at radius 3 is 2.06 bits per heavy atom. The van der Waals surface area contributed by atoms with Gasteiger partial charge in [0, 0.05) is 22.0 Å². The highest BCUT2D eigenvalue weighted by atomic mass is 16.6. The molecule has 2 saturated carbocycles. The minimum Gasteiger partial charge on any atom is -0.481 e. The number of hydrogen-bond donors (Lipinski definition) is 1. The van der Waals surface area contributed by atoms with Crippen molar-refractivity contribution in [2.45, 2.75) is 38.1 Å². The van der Waals surface area contributed by atoms with Crippen LogP contribution in [0.15, 0.2) is 22.3 Å². The molecule has 90 valence electrons. The Bertz CT molecular complexity index is 459. The molecule has 0 aromatic rings. The zero-order valence-electron chi connectivity index (χ0n) is 9.31. The number of nitro groups is 1. The van der Waals surface area contributed by atoms with E-state index < -0.39 is 12.0 Å². The molecule has 1 N–H and O–H groups in total. The van der Waals surface area contributed by atoms with Crippen LogP contribution in [0.1, 0.15) is 32.1 Å². The first-order valence-corrected chi connectivity index (χ1v) is 5.88. The van der Waals surface area contributed by atoms with Crippen LogP contribution in [0.2, 0.25) is 0 Å². The summed E-state index contributed by atoms with van der Waals surface area (Å²) in [5.41, 5.74) is 3.95. The predicted octanol–water partition coefficient (Wildman–Crippen LogP) is 1.92. The largest absolute Gasteiger partial charge is 0.481 e. The van der Waals surface area contributed by atoms with Crippen molar-refractivity contribution in [3.63, 3.8) is 0 Å². The summed E-state index contributed by atoms with van der Waals surface area (Å²) < 4.78 is 0. The Morgan fingerprint density at radius 1 is 1.18 bits per heavy atom. The van der Waals surface area contributed by atoms with Crippen LogP contribution >= 0.6 is 0 Å². The molecule has 0 heterocycles. The summed E-state index contributed by atoms with van der Waals surface area (Å²) in [6.07, 6.45) is 3.28. The Hall–Kier alpha value is -1.65. The van der Waals surface area contributed by atoms with Gasteiger partial charge in [-0.25, -0.2) is 0 Å². The van der Waals surface area contributed by atoms with E-state index in [-0.39, 0.29) is 17.3 Å². The second-order valence-electron chi connectivity index (χ2n) is 4.94. The molecule has 5 heteroatoms. The molecule has 0 aromatic heterocycles. The van der Waals surface area contributed by atoms with Crippen molar-refractivity contribution >= 4 is 5.97 Å². The second kappa shape index (κ2) is 3.42. The zero-order chi connectivity index (χ0) is 12.2. The predicted molar refractivity (Wildman–Crippen MR) is 59.0 cm³/mol. The van der Waals surface area contributed by atoms with Crippen molar-refractivity contribution in [1.82, 2.24) is 0 Å². The maximum atomic E-state index is 11.1. The third-order valence-electron chi connectivity index (χ3n) is 4.24. The summed E-state index contributed by atoms with van der Waals surface area (Å²) in [5, 5.41) is 20.0. The summed E-state index contributed by atoms with van der Waals surface area (Å²) in [7, 11) is 0. The van der Waals surface area contributed by atoms with Gasteiger partial charge in [0.15, 0.2) is 0 Å². The van der Waals surface area contributed by atoms with Crippen LogP contribution < -0.4 is 0 Å². The normalized spacial score (nSPS) is 30.1. The van der Waals surface area contributed by atoms with Gasteiger partial charge in [0.2, 0.25) is 0 Å². The maximum absolute atomic E-state index is 11.1. The maximum Gasteiger partial charge on any atom is 0.304 e. The highest BCUT2D eigenvalue weighted by molar-refractivity contribution is 5.69. The second-order valence-corrected chi connectivity index (χ2v) is 4.94. The molecule has 0 spiro atoms. The monoisotopic (exact) mass is 235 g/mol. The third kappa shape index (κ3) is 1.34. The lowest BCUT2D eigenvalue weighted by Crippen LogP contribution is -2.26. The molecule has 3 aliphatic rings. The van der Waals surface area contributed by atoms with E-state index in [1.807, 2.05) is 0 Å². The molecular formula is C12H13NO4. The number of carboxylic acid groups (broad SMARTS) is 1. The summed E-state index contributed by atoms with van der Waals surface area (Å²) in [6, 6.07) is -0.618. The first kappa shape index (κ1) is 10.5. The molecule has 3 rings (SSSR count). The highest BCUT2D eigenvalue weighted by Crippen LogP contribution is 2.53. The lowest BCUT2D eigenvalue weighted by molar-refractivity contribution is -0.501. The van der Waals surface area contributed by atoms with Crippen LogP contribution in [0.4, 0.5) is 0 Å². The van der Waals surface area contributed by atoms with Crippen LogP contribution in [0.25, 0.3) is 0 Å². The minimum absolute atomic E-state index is 0.0313. The van der Waals surface area contributed by atoms with E-state index in [9.17, 15) is 14.9 Å². The average Bonchev–Trinajstić information content (AvgIpc) is 2.69. The molecule has 2 fully saturated rings. The molecule has 0 amide bonds. The number of hydrogen-bond acceptors (Lipinski definition) is 3. The first-order valence-electron chi connectivity index (χ1n) is 5.88. The van der Waals surface area contributed by atoms with Gasteiger partial charge in [-0.05, 0) is 25.7 Å². The molecule has 0 unspecified atom stereocenters. The first-order chi connectivity index (χ1) is 8.09. The van der Waals surface area contributed by atoms with Gasteiger partial charge in [-0.15, -0.1) is 0 Å². The SMILES string of the molecule is O=C(O)CC1C2=C3CCC(=C1CC2)C3[N+](=O)[O-]. The van der Waals surface area contributed by atoms with Gasteiger partial charge in [-0.1, -0.05) is 11.1 Å². The molecule has 0 aromatic carbocycles. The van der Waals surface area contributed by atoms with Gasteiger partial charge in [0.25, 0.3) is 6.04 Å². The van der Waals surface area contributed by atoms with E-state index in [4.69, 9.17) is 5.11 Å². The van der Waals surface area contributed by atoms with Gasteiger partial charge in [-0.3, -0.25) is 14.9 Å². The van der Waals surface area contributed by atoms with Crippen LogP contribution in [0.3, 0.4) is 0 Å². The fourth-order valence-electron chi connectivity index (χ4n) is 3.70. The van der Waals surface area contributed by atoms with Gasteiger partial charge >= 0.3 is 5.97 Å². The Balaban J connectivity index is 2.07. The van der Waals surface area contributed by atoms with Crippen molar-refractivity contribution in [1.29, 1.82) is 0 Å². The van der Waals surface area contributed by atoms with Gasteiger partial charge in [-0.2, -0.15) is 0 Å². The molecule has 0 aliphatic heterocycles. The van der Waals surface area contributed by atoms with Gasteiger partial charge in [0.1, 0.15) is 0 Å². The molecule has 4 bridgehead atoms. The third-order valence-corrected chi connectivity index (χ3v) is 4.24. The number of carbonyl (C=O) groups is 1. The lowest BCUT2D eigenvalue weighted by atomic mass is 9.83. The molecule has 17 heavy (non-hydrogen) atoms. The summed E-state index contributed by atoms with van der Waals surface area (Å²) >= 11 is 0. The lowest BCUT2D eigenvalue weighted by Gasteiger charge is -2.22. The van der Waals surface area contributed by atoms with Crippen molar-refractivity contribution in [2.24, 2.45) is 5.92 Å². The zero-order valence-corrected chi connectivity index (χ0v) is 9.31. The number of aliphatic carboxylic acids is 1. The van der Waals surface area contributed by atoms with Crippen LogP contribution in [0, 0.1) is 16.0 Å². The molecule has 0 atom stereocenters. The summed E-state index contributed by atoms with van der Waals surface area (Å²) in [4.78, 5) is 21.7. The molecule has 3 aliphatic carbocycles. The molecular weight excluding hydrogens is 222 g/mol. The average molecular weight is 235 g/mol. The quantitative estimate of drug-likeness (QED) is 0.460. The topological polar surface area (TPSA) is 80.4 Å². The van der Waals surface area contributed by atoms with E-state index in [1.54, 1.807) is 0 Å². The van der Waals surface area contributed by atoms with Crippen LogP contribution in [-0.2, 0) is 4.79 Å². The van der Waals surface area contributed by atoms with E-state index in [0.717, 1.165) is 48.0 Å². The summed E-state index contributed by atoms with van der Waals surface area (Å²) in [5.74, 6) is -0.844. The summed E-state index contributed by atoms with van der Waals surface area (Å²) in [6.45, 7) is 0. The fraction of sp³-hybridized carbons (Fsp3) is 0.583. The number of fused-ring (bicyclic) bond motifs is 4. The van der Waals surface area contributed by atoms with Crippen molar-refractivity contribution < 1.29 is 14.8 Å². The number of rotatable bonds is 3. The van der Waals surface area contributed by atoms with Crippen molar-refractivity contribution in [3.8, 4) is 0 Å². The molecule has 0 saturated heterocycles. The van der Waals surface area contributed by atoms with E-state index in [2.05, 4.69) is 0 Å². The smallest absolute Gasteiger partial charge is 0.304 e. The van der Waals surface area contributed by atoms with E-state index in [1.165, 1.54) is 0 Å². The van der Waals surface area contributed by atoms with Crippen LogP contribution in [-0.4, -0.2) is 22.0 Å². The number of nitrogens with zero attached hydrogens (tertiary/aromatic N) is 1. The van der Waals surface area contributed by atoms with Gasteiger partial charge < -0.3 is 5.11 Å². The van der Waals surface area contributed by atoms with Crippen molar-refractivity contribution in [3.05, 3.63) is 32.4 Å². The Kier molecular flexibility index (Phi) is 2.11. The molecule has 5 nitrogen and oxygen atoms in total. The van der Waals surface area contributed by atoms with E-state index >= 15 is 0 Å². The fourth-order valence-corrected chi connectivity index (χ4v) is 3.70. The minimum atomic E-state index is -0.813. The molecule has 0 radical (unpaired) electrons. The van der Waals surface area contributed by atoms with Gasteiger partial charge in [0.05, 0.1) is 6.42 Å². The Morgan fingerprint density at radius 2 is 1.65 bits per heavy atom. The number of allylic oxidation sites excluding steroid dienone is 2. The van der Waals surface area contributed by atoms with Crippen molar-refractivity contribution in [2.75, 3.05) is 0 Å². The van der Waals surface area contributed by atoms with Crippen LogP contribution in [0.5, 0.6) is 0 Å². The standard InChI is InChI=1S/C12H13NO4/c14-11(15)5-10-6-1-2-7(10)9-4-3-8(6)12(9)13(16)17/h10,12H,1-5H2,(H,14,15).